The predicted molar refractivity (Wildman–Crippen MR) is 102 cm³/mol. The third kappa shape index (κ3) is 4.74. The highest BCUT2D eigenvalue weighted by atomic mass is 35.5. The molecule has 6 heteroatoms. The van der Waals surface area contributed by atoms with E-state index in [1.807, 2.05) is 31.2 Å². The summed E-state index contributed by atoms with van der Waals surface area (Å²) in [5.74, 6) is -0.792. The Morgan fingerprint density at radius 2 is 1.72 bits per heavy atom. The van der Waals surface area contributed by atoms with Crippen LogP contribution in [0.15, 0.2) is 42.5 Å². The van der Waals surface area contributed by atoms with E-state index in [1.54, 1.807) is 32.0 Å². The number of rotatable bonds is 5. The lowest BCUT2D eigenvalue weighted by Gasteiger charge is -2.23. The lowest BCUT2D eigenvalue weighted by atomic mass is 9.90. The lowest BCUT2D eigenvalue weighted by Crippen LogP contribution is -2.45. The first kappa shape index (κ1) is 19.3. The first-order chi connectivity index (χ1) is 11.7. The molecule has 0 unspecified atom stereocenters. The molecule has 0 aliphatic heterocycles. The van der Waals surface area contributed by atoms with Gasteiger partial charge in [-0.3, -0.25) is 9.59 Å². The Hall–Kier alpha value is -2.04. The number of carbonyl (C=O) groups excluding carboxylic acids is 2. The second-order valence-corrected chi connectivity index (χ2v) is 7.16. The number of aryl methyl sites for hydroxylation is 1. The van der Waals surface area contributed by atoms with Crippen LogP contribution in [0, 0.1) is 12.3 Å². The molecular formula is C19H20Cl2N2O2. The van der Waals surface area contributed by atoms with Crippen molar-refractivity contribution in [1.82, 2.24) is 5.32 Å². The van der Waals surface area contributed by atoms with Gasteiger partial charge < -0.3 is 10.6 Å². The normalized spacial score (nSPS) is 11.1. The van der Waals surface area contributed by atoms with Crippen LogP contribution in [0.5, 0.6) is 0 Å². The third-order valence-corrected chi connectivity index (χ3v) is 4.58. The molecule has 0 aliphatic carbocycles. The van der Waals surface area contributed by atoms with Crippen molar-refractivity contribution < 1.29 is 9.59 Å². The number of amides is 2. The summed E-state index contributed by atoms with van der Waals surface area (Å²) in [7, 11) is 0. The summed E-state index contributed by atoms with van der Waals surface area (Å²) in [5.41, 5.74) is 0.990. The smallest absolute Gasteiger partial charge is 0.239 e. The van der Waals surface area contributed by atoms with Crippen LogP contribution in [0.1, 0.15) is 25.0 Å². The molecule has 0 bridgehead atoms. The fourth-order valence-corrected chi connectivity index (χ4v) is 2.52. The van der Waals surface area contributed by atoms with Crippen molar-refractivity contribution >= 4 is 40.7 Å². The van der Waals surface area contributed by atoms with Crippen molar-refractivity contribution in [2.75, 3.05) is 5.32 Å². The molecule has 0 aromatic heterocycles. The van der Waals surface area contributed by atoms with Gasteiger partial charge in [-0.15, -0.1) is 0 Å². The minimum absolute atomic E-state index is 0.255. The summed E-state index contributed by atoms with van der Waals surface area (Å²) in [6.45, 7) is 5.26. The SMILES string of the molecule is Cc1ccc(Cl)cc1NC(=O)C(C)(C)C(=O)NCc1ccccc1Cl. The molecule has 0 atom stereocenters. The van der Waals surface area contributed by atoms with Crippen LogP contribution >= 0.6 is 23.2 Å². The molecule has 0 spiro atoms. The Labute approximate surface area is 157 Å². The molecule has 2 rings (SSSR count). The molecule has 2 N–H and O–H groups in total. The van der Waals surface area contributed by atoms with Crippen molar-refractivity contribution in [3.63, 3.8) is 0 Å². The molecular weight excluding hydrogens is 359 g/mol. The van der Waals surface area contributed by atoms with Gasteiger partial charge in [0.25, 0.3) is 0 Å². The van der Waals surface area contributed by atoms with E-state index in [1.165, 1.54) is 0 Å². The molecule has 0 heterocycles. The average molecular weight is 379 g/mol. The monoisotopic (exact) mass is 378 g/mol. The van der Waals surface area contributed by atoms with Crippen LogP contribution in [0.2, 0.25) is 10.0 Å². The van der Waals surface area contributed by atoms with Crippen LogP contribution in [0.4, 0.5) is 5.69 Å². The molecule has 0 saturated carbocycles. The zero-order valence-electron chi connectivity index (χ0n) is 14.3. The topological polar surface area (TPSA) is 58.2 Å². The largest absolute Gasteiger partial charge is 0.351 e. The van der Waals surface area contributed by atoms with E-state index >= 15 is 0 Å². The summed E-state index contributed by atoms with van der Waals surface area (Å²) < 4.78 is 0. The molecule has 2 aromatic carbocycles. The van der Waals surface area contributed by atoms with Gasteiger partial charge in [-0.05, 0) is 50.1 Å². The highest BCUT2D eigenvalue weighted by Gasteiger charge is 2.36. The second kappa shape index (κ2) is 7.89. The van der Waals surface area contributed by atoms with Crippen molar-refractivity contribution in [2.45, 2.75) is 27.3 Å². The molecule has 2 aromatic rings. The van der Waals surface area contributed by atoms with Crippen LogP contribution in [0.3, 0.4) is 0 Å². The van der Waals surface area contributed by atoms with Gasteiger partial charge in [0.1, 0.15) is 5.41 Å². The van der Waals surface area contributed by atoms with Crippen molar-refractivity contribution in [1.29, 1.82) is 0 Å². The summed E-state index contributed by atoms with van der Waals surface area (Å²) in [5, 5.41) is 6.62. The number of benzene rings is 2. The predicted octanol–water partition coefficient (Wildman–Crippen LogP) is 4.58. The number of nitrogens with one attached hydrogen (secondary N) is 2. The summed E-state index contributed by atoms with van der Waals surface area (Å²) in [4.78, 5) is 25.1. The number of hydrogen-bond donors (Lipinski definition) is 2. The Kier molecular flexibility index (Phi) is 6.09. The Bertz CT molecular complexity index is 804. The van der Waals surface area contributed by atoms with E-state index in [4.69, 9.17) is 23.2 Å². The molecule has 0 fully saturated rings. The van der Waals surface area contributed by atoms with E-state index in [0.29, 0.717) is 15.7 Å². The van der Waals surface area contributed by atoms with Gasteiger partial charge in [-0.2, -0.15) is 0 Å². The highest BCUT2D eigenvalue weighted by molar-refractivity contribution is 6.31. The Balaban J connectivity index is 2.06. The number of carbonyl (C=O) groups is 2. The maximum absolute atomic E-state index is 12.6. The minimum Gasteiger partial charge on any atom is -0.351 e. The summed E-state index contributed by atoms with van der Waals surface area (Å²) in [6, 6.07) is 12.4. The molecule has 0 aliphatic rings. The quantitative estimate of drug-likeness (QED) is 0.747. The molecule has 132 valence electrons. The fourth-order valence-electron chi connectivity index (χ4n) is 2.15. The average Bonchev–Trinajstić information content (AvgIpc) is 2.57. The zero-order chi connectivity index (χ0) is 18.6. The summed E-state index contributed by atoms with van der Waals surface area (Å²) >= 11 is 12.0. The van der Waals surface area contributed by atoms with E-state index in [0.717, 1.165) is 11.1 Å². The van der Waals surface area contributed by atoms with E-state index in [9.17, 15) is 9.59 Å². The zero-order valence-corrected chi connectivity index (χ0v) is 15.8. The van der Waals surface area contributed by atoms with Gasteiger partial charge in [0.05, 0.1) is 0 Å². The van der Waals surface area contributed by atoms with Crippen LogP contribution in [0.25, 0.3) is 0 Å². The van der Waals surface area contributed by atoms with Gasteiger partial charge >= 0.3 is 0 Å². The van der Waals surface area contributed by atoms with Gasteiger partial charge in [0.15, 0.2) is 0 Å². The Morgan fingerprint density at radius 1 is 1.04 bits per heavy atom. The van der Waals surface area contributed by atoms with Crippen LogP contribution in [-0.4, -0.2) is 11.8 Å². The lowest BCUT2D eigenvalue weighted by molar-refractivity contribution is -0.138. The minimum atomic E-state index is -1.25. The molecule has 25 heavy (non-hydrogen) atoms. The number of hydrogen-bond acceptors (Lipinski definition) is 2. The van der Waals surface area contributed by atoms with Crippen molar-refractivity contribution in [3.8, 4) is 0 Å². The third-order valence-electron chi connectivity index (χ3n) is 3.98. The molecule has 0 saturated heterocycles. The van der Waals surface area contributed by atoms with Gasteiger partial charge in [0, 0.05) is 22.3 Å². The number of halogens is 2. The number of anilines is 1. The van der Waals surface area contributed by atoms with E-state index < -0.39 is 11.3 Å². The van der Waals surface area contributed by atoms with Crippen molar-refractivity contribution in [3.05, 3.63) is 63.6 Å². The van der Waals surface area contributed by atoms with Crippen molar-refractivity contribution in [2.24, 2.45) is 5.41 Å². The first-order valence-corrected chi connectivity index (χ1v) is 8.56. The van der Waals surface area contributed by atoms with Crippen LogP contribution < -0.4 is 10.6 Å². The van der Waals surface area contributed by atoms with Gasteiger partial charge in [0.2, 0.25) is 11.8 Å². The van der Waals surface area contributed by atoms with E-state index in [2.05, 4.69) is 10.6 Å². The van der Waals surface area contributed by atoms with Gasteiger partial charge in [-0.1, -0.05) is 47.5 Å². The maximum Gasteiger partial charge on any atom is 0.239 e. The molecule has 0 radical (unpaired) electrons. The first-order valence-electron chi connectivity index (χ1n) is 7.81. The highest BCUT2D eigenvalue weighted by Crippen LogP contribution is 2.24. The Morgan fingerprint density at radius 3 is 2.40 bits per heavy atom. The van der Waals surface area contributed by atoms with E-state index in [-0.39, 0.29) is 12.5 Å². The second-order valence-electron chi connectivity index (χ2n) is 6.31. The van der Waals surface area contributed by atoms with Gasteiger partial charge in [-0.25, -0.2) is 0 Å². The standard InChI is InChI=1S/C19H20Cl2N2O2/c1-12-8-9-14(20)10-16(12)23-18(25)19(2,3)17(24)22-11-13-6-4-5-7-15(13)21/h4-10H,11H2,1-3H3,(H,22,24)(H,23,25). The fraction of sp³-hybridized carbons (Fsp3) is 0.263. The van der Waals surface area contributed by atoms with Crippen LogP contribution in [-0.2, 0) is 16.1 Å². The molecule has 2 amide bonds. The summed E-state index contributed by atoms with van der Waals surface area (Å²) in [6.07, 6.45) is 0. The maximum atomic E-state index is 12.6. The molecule has 4 nitrogen and oxygen atoms in total.